The van der Waals surface area contributed by atoms with Gasteiger partial charge in [-0.2, -0.15) is 0 Å². The highest BCUT2D eigenvalue weighted by atomic mass is 35.5. The molecule has 0 saturated carbocycles. The summed E-state index contributed by atoms with van der Waals surface area (Å²) in [5.74, 6) is 0.00122. The number of benzene rings is 1. The maximum Gasteiger partial charge on any atom is 0.255 e. The molecule has 2 heterocycles. The summed E-state index contributed by atoms with van der Waals surface area (Å²) in [7, 11) is 0. The van der Waals surface area contributed by atoms with E-state index in [1.54, 1.807) is 0 Å². The van der Waals surface area contributed by atoms with Crippen LogP contribution < -0.4 is 15.5 Å². The molecular formula is C13H16ClN3O. The summed E-state index contributed by atoms with van der Waals surface area (Å²) < 4.78 is 0. The number of hydrogen-bond acceptors (Lipinski definition) is 3. The van der Waals surface area contributed by atoms with Crippen molar-refractivity contribution in [2.75, 3.05) is 24.5 Å². The van der Waals surface area contributed by atoms with E-state index < -0.39 is 0 Å². The van der Waals surface area contributed by atoms with Crippen molar-refractivity contribution in [3.63, 3.8) is 0 Å². The number of amides is 1. The third-order valence-corrected chi connectivity index (χ3v) is 3.99. The number of carbonyl (C=O) groups is 1. The highest BCUT2D eigenvalue weighted by Crippen LogP contribution is 2.32. The van der Waals surface area contributed by atoms with Crippen molar-refractivity contribution >= 4 is 23.2 Å². The molecule has 4 nitrogen and oxygen atoms in total. The lowest BCUT2D eigenvalue weighted by molar-refractivity contribution is 0.0922. The van der Waals surface area contributed by atoms with Crippen molar-refractivity contribution in [3.8, 4) is 0 Å². The van der Waals surface area contributed by atoms with Crippen LogP contribution in [0.3, 0.4) is 0 Å². The van der Waals surface area contributed by atoms with Gasteiger partial charge in [-0.1, -0.05) is 18.5 Å². The maximum absolute atomic E-state index is 12.1. The first-order chi connectivity index (χ1) is 8.70. The van der Waals surface area contributed by atoms with Gasteiger partial charge >= 0.3 is 0 Å². The highest BCUT2D eigenvalue weighted by molar-refractivity contribution is 6.32. The Labute approximate surface area is 111 Å². The van der Waals surface area contributed by atoms with E-state index in [4.69, 9.17) is 11.6 Å². The summed E-state index contributed by atoms with van der Waals surface area (Å²) in [6.45, 7) is 4.64. The minimum atomic E-state index is 0.00122. The molecule has 3 rings (SSSR count). The third-order valence-electron chi connectivity index (χ3n) is 3.64. The molecule has 1 atom stereocenters. The average Bonchev–Trinajstić information content (AvgIpc) is 2.38. The van der Waals surface area contributed by atoms with Gasteiger partial charge in [-0.3, -0.25) is 4.79 Å². The van der Waals surface area contributed by atoms with E-state index in [0.717, 1.165) is 47.9 Å². The summed E-state index contributed by atoms with van der Waals surface area (Å²) in [4.78, 5) is 14.3. The summed E-state index contributed by atoms with van der Waals surface area (Å²) in [5, 5.41) is 7.06. The first-order valence-electron chi connectivity index (χ1n) is 6.31. The van der Waals surface area contributed by atoms with Crippen molar-refractivity contribution in [2.24, 2.45) is 0 Å². The van der Waals surface area contributed by atoms with Gasteiger partial charge in [-0.15, -0.1) is 0 Å². The Kier molecular flexibility index (Phi) is 2.92. The van der Waals surface area contributed by atoms with Crippen LogP contribution in [0, 0.1) is 0 Å². The molecule has 1 aromatic carbocycles. The Morgan fingerprint density at radius 2 is 2.33 bits per heavy atom. The second kappa shape index (κ2) is 4.44. The molecule has 0 radical (unpaired) electrons. The molecule has 2 N–H and O–H groups in total. The number of halogens is 1. The van der Waals surface area contributed by atoms with Crippen LogP contribution in [-0.4, -0.2) is 31.7 Å². The fraction of sp³-hybridized carbons (Fsp3) is 0.462. The molecule has 1 saturated heterocycles. The van der Waals surface area contributed by atoms with Crippen molar-refractivity contribution in [1.29, 1.82) is 0 Å². The minimum absolute atomic E-state index is 0.00122. The first kappa shape index (κ1) is 11.8. The number of nitrogens with zero attached hydrogens (tertiary/aromatic N) is 1. The number of piperazine rings is 1. The van der Waals surface area contributed by atoms with Gasteiger partial charge in [0.05, 0.1) is 11.3 Å². The van der Waals surface area contributed by atoms with E-state index >= 15 is 0 Å². The summed E-state index contributed by atoms with van der Waals surface area (Å²) in [6.07, 6.45) is 0.881. The lowest BCUT2D eigenvalue weighted by Gasteiger charge is -2.42. The van der Waals surface area contributed by atoms with Crippen LogP contribution in [0.4, 0.5) is 5.69 Å². The summed E-state index contributed by atoms with van der Waals surface area (Å²) in [5.41, 5.74) is 2.74. The monoisotopic (exact) mass is 265 g/mol. The molecule has 0 unspecified atom stereocenters. The largest absolute Gasteiger partial charge is 0.348 e. The van der Waals surface area contributed by atoms with E-state index in [1.807, 2.05) is 19.1 Å². The summed E-state index contributed by atoms with van der Waals surface area (Å²) >= 11 is 6.27. The summed E-state index contributed by atoms with van der Waals surface area (Å²) in [6, 6.07) is 3.86. The zero-order valence-corrected chi connectivity index (χ0v) is 11.0. The van der Waals surface area contributed by atoms with Gasteiger partial charge in [0.25, 0.3) is 5.91 Å². The van der Waals surface area contributed by atoms with Crippen molar-refractivity contribution in [3.05, 3.63) is 28.3 Å². The molecule has 2 aliphatic rings. The molecule has 5 heteroatoms. The fourth-order valence-corrected chi connectivity index (χ4v) is 2.94. The molecule has 1 fully saturated rings. The van der Waals surface area contributed by atoms with Gasteiger partial charge in [0.2, 0.25) is 0 Å². The number of anilines is 1. The fourth-order valence-electron chi connectivity index (χ4n) is 2.65. The van der Waals surface area contributed by atoms with Crippen LogP contribution in [0.1, 0.15) is 22.8 Å². The molecule has 0 aromatic heterocycles. The minimum Gasteiger partial charge on any atom is -0.348 e. The Balaban J connectivity index is 2.10. The number of aryl methyl sites for hydroxylation is 1. The van der Waals surface area contributed by atoms with E-state index in [-0.39, 0.29) is 12.1 Å². The topological polar surface area (TPSA) is 44.4 Å². The molecule has 1 amide bonds. The van der Waals surface area contributed by atoms with E-state index in [2.05, 4.69) is 15.5 Å². The van der Waals surface area contributed by atoms with Gasteiger partial charge in [-0.05, 0) is 24.1 Å². The van der Waals surface area contributed by atoms with E-state index in [0.29, 0.717) is 0 Å². The van der Waals surface area contributed by atoms with Gasteiger partial charge in [0.15, 0.2) is 0 Å². The standard InChI is InChI=1S/C13H16ClN3O/c1-2-8-5-9-11(6-10(8)14)17-4-3-15-7-12(17)16-13(9)18/h5-6,12,15H,2-4,7H2,1H3,(H,16,18)/t12-/m1/s1. The van der Waals surface area contributed by atoms with Crippen LogP contribution >= 0.6 is 11.6 Å². The average molecular weight is 266 g/mol. The van der Waals surface area contributed by atoms with Gasteiger partial charge in [0, 0.05) is 24.7 Å². The highest BCUT2D eigenvalue weighted by Gasteiger charge is 2.32. The zero-order chi connectivity index (χ0) is 12.7. The lowest BCUT2D eigenvalue weighted by atomic mass is 10.0. The van der Waals surface area contributed by atoms with Crippen LogP contribution in [0.5, 0.6) is 0 Å². The number of fused-ring (bicyclic) bond motifs is 3. The number of hydrogen-bond donors (Lipinski definition) is 2. The molecule has 18 heavy (non-hydrogen) atoms. The number of carbonyl (C=O) groups excluding carboxylic acids is 1. The maximum atomic E-state index is 12.1. The van der Waals surface area contributed by atoms with Crippen molar-refractivity contribution < 1.29 is 4.79 Å². The van der Waals surface area contributed by atoms with E-state index in [9.17, 15) is 4.79 Å². The Bertz CT molecular complexity index is 503. The normalized spacial score (nSPS) is 22.2. The van der Waals surface area contributed by atoms with Crippen LogP contribution in [0.2, 0.25) is 5.02 Å². The third kappa shape index (κ3) is 1.76. The molecule has 96 valence electrons. The zero-order valence-electron chi connectivity index (χ0n) is 10.3. The van der Waals surface area contributed by atoms with E-state index in [1.165, 1.54) is 0 Å². The molecule has 0 bridgehead atoms. The van der Waals surface area contributed by atoms with Crippen LogP contribution in [-0.2, 0) is 6.42 Å². The molecular weight excluding hydrogens is 250 g/mol. The van der Waals surface area contributed by atoms with Crippen LogP contribution in [0.15, 0.2) is 12.1 Å². The van der Waals surface area contributed by atoms with Crippen molar-refractivity contribution in [2.45, 2.75) is 19.5 Å². The SMILES string of the molecule is CCc1cc2c(cc1Cl)N1CCNC[C@@H]1NC2=O. The number of rotatable bonds is 1. The smallest absolute Gasteiger partial charge is 0.255 e. The van der Waals surface area contributed by atoms with Crippen molar-refractivity contribution in [1.82, 2.24) is 10.6 Å². The quantitative estimate of drug-likeness (QED) is 0.806. The molecule has 1 aromatic rings. The first-order valence-corrected chi connectivity index (χ1v) is 6.69. The predicted molar refractivity (Wildman–Crippen MR) is 72.3 cm³/mol. The van der Waals surface area contributed by atoms with Gasteiger partial charge < -0.3 is 15.5 Å². The second-order valence-electron chi connectivity index (χ2n) is 4.70. The van der Waals surface area contributed by atoms with Crippen LogP contribution in [0.25, 0.3) is 0 Å². The molecule has 0 spiro atoms. The Hall–Kier alpha value is -1.26. The molecule has 2 aliphatic heterocycles. The molecule has 0 aliphatic carbocycles. The Morgan fingerprint density at radius 3 is 3.11 bits per heavy atom. The number of nitrogens with one attached hydrogen (secondary N) is 2. The predicted octanol–water partition coefficient (Wildman–Crippen LogP) is 1.38. The van der Waals surface area contributed by atoms with Gasteiger partial charge in [0.1, 0.15) is 6.17 Å². The van der Waals surface area contributed by atoms with Gasteiger partial charge in [-0.25, -0.2) is 0 Å². The lowest BCUT2D eigenvalue weighted by Crippen LogP contribution is -2.62. The second-order valence-corrected chi connectivity index (χ2v) is 5.11. The Morgan fingerprint density at radius 1 is 1.50 bits per heavy atom.